The third-order valence-electron chi connectivity index (χ3n) is 3.58. The van der Waals surface area contributed by atoms with E-state index in [1.54, 1.807) is 0 Å². The number of nitrogens with two attached hydrogens (primary N) is 1. The van der Waals surface area contributed by atoms with Crippen molar-refractivity contribution < 1.29 is 17.2 Å². The number of alkyl halides is 2. The van der Waals surface area contributed by atoms with Crippen LogP contribution in [-0.2, 0) is 10.0 Å². The van der Waals surface area contributed by atoms with Gasteiger partial charge in [-0.25, -0.2) is 21.9 Å². The zero-order valence-electron chi connectivity index (χ0n) is 12.6. The zero-order chi connectivity index (χ0) is 17.5. The standard InChI is InChI=1S/C13H15F2N5O2S2/c1-13(4-5-13)20-24(21,22)7-2-3-8(16)9(6-7)17-12-19-18-11(23-12)10(14)15/h2-3,6,10,20H,4-5,16H2,1H3,(H,17,19). The van der Waals surface area contributed by atoms with Crippen LogP contribution in [0.5, 0.6) is 0 Å². The van der Waals surface area contributed by atoms with Crippen LogP contribution in [-0.4, -0.2) is 24.2 Å². The minimum atomic E-state index is -3.69. The summed E-state index contributed by atoms with van der Waals surface area (Å²) >= 11 is 0.674. The van der Waals surface area contributed by atoms with E-state index >= 15 is 0 Å². The van der Waals surface area contributed by atoms with E-state index in [2.05, 4.69) is 20.2 Å². The van der Waals surface area contributed by atoms with Crippen molar-refractivity contribution in [2.75, 3.05) is 11.1 Å². The molecule has 24 heavy (non-hydrogen) atoms. The van der Waals surface area contributed by atoms with Crippen molar-refractivity contribution in [3.05, 3.63) is 23.2 Å². The molecule has 1 aliphatic rings. The van der Waals surface area contributed by atoms with Gasteiger partial charge in [-0.15, -0.1) is 10.2 Å². The predicted molar refractivity (Wildman–Crippen MR) is 87.0 cm³/mol. The summed E-state index contributed by atoms with van der Waals surface area (Å²) in [6, 6.07) is 4.16. The molecule has 4 N–H and O–H groups in total. The lowest BCUT2D eigenvalue weighted by Crippen LogP contribution is -2.34. The molecule has 1 heterocycles. The molecule has 0 saturated heterocycles. The lowest BCUT2D eigenvalue weighted by Gasteiger charge is -2.14. The van der Waals surface area contributed by atoms with Crippen molar-refractivity contribution in [1.82, 2.24) is 14.9 Å². The molecular formula is C13H15F2N5O2S2. The second-order valence-corrected chi connectivity index (χ2v) is 8.48. The minimum Gasteiger partial charge on any atom is -0.397 e. The normalized spacial score (nSPS) is 16.3. The molecule has 0 radical (unpaired) electrons. The van der Waals surface area contributed by atoms with Crippen LogP contribution in [0.15, 0.2) is 23.1 Å². The summed E-state index contributed by atoms with van der Waals surface area (Å²) in [5, 5.41) is 9.36. The van der Waals surface area contributed by atoms with Crippen molar-refractivity contribution in [1.29, 1.82) is 0 Å². The molecule has 1 aromatic carbocycles. The highest BCUT2D eigenvalue weighted by Gasteiger charge is 2.41. The second kappa shape index (κ2) is 5.90. The topological polar surface area (TPSA) is 110 Å². The van der Waals surface area contributed by atoms with Crippen LogP contribution < -0.4 is 15.8 Å². The molecule has 1 saturated carbocycles. The fraction of sp³-hybridized carbons (Fsp3) is 0.385. The van der Waals surface area contributed by atoms with Crippen LogP contribution in [0.1, 0.15) is 31.2 Å². The van der Waals surface area contributed by atoms with Crippen molar-refractivity contribution in [2.24, 2.45) is 0 Å². The van der Waals surface area contributed by atoms with Crippen LogP contribution in [0.2, 0.25) is 0 Å². The first-order valence-corrected chi connectivity index (χ1v) is 9.31. The van der Waals surface area contributed by atoms with Gasteiger partial charge in [-0.3, -0.25) is 0 Å². The van der Waals surface area contributed by atoms with Gasteiger partial charge in [-0.05, 0) is 38.0 Å². The van der Waals surface area contributed by atoms with Crippen molar-refractivity contribution in [3.8, 4) is 0 Å². The summed E-state index contributed by atoms with van der Waals surface area (Å²) < 4.78 is 52.5. The summed E-state index contributed by atoms with van der Waals surface area (Å²) in [4.78, 5) is 0.0333. The molecule has 0 bridgehead atoms. The lowest BCUT2D eigenvalue weighted by molar-refractivity contribution is 0.150. The number of aromatic nitrogens is 2. The van der Waals surface area contributed by atoms with Gasteiger partial charge in [0.2, 0.25) is 15.2 Å². The Hall–Kier alpha value is -1.85. The molecule has 0 aliphatic heterocycles. The first-order valence-electron chi connectivity index (χ1n) is 7.01. The Labute approximate surface area is 141 Å². The fourth-order valence-corrected chi connectivity index (χ4v) is 4.07. The number of anilines is 3. The Morgan fingerprint density at radius 2 is 2.04 bits per heavy atom. The summed E-state index contributed by atoms with van der Waals surface area (Å²) in [5.41, 5.74) is 5.94. The average Bonchev–Trinajstić information content (AvgIpc) is 3.01. The van der Waals surface area contributed by atoms with E-state index in [4.69, 9.17) is 5.73 Å². The van der Waals surface area contributed by atoms with Gasteiger partial charge >= 0.3 is 0 Å². The van der Waals surface area contributed by atoms with Crippen molar-refractivity contribution >= 4 is 37.9 Å². The Balaban J connectivity index is 1.85. The van der Waals surface area contributed by atoms with Crippen LogP contribution >= 0.6 is 11.3 Å². The molecule has 0 spiro atoms. The quantitative estimate of drug-likeness (QED) is 0.670. The lowest BCUT2D eigenvalue weighted by atomic mass is 10.3. The molecule has 2 aromatic rings. The third-order valence-corrected chi connectivity index (χ3v) is 6.07. The Kier molecular flexibility index (Phi) is 4.18. The number of rotatable bonds is 6. The van der Waals surface area contributed by atoms with Gasteiger partial charge in [0, 0.05) is 5.54 Å². The van der Waals surface area contributed by atoms with Gasteiger partial charge in [-0.2, -0.15) is 0 Å². The smallest absolute Gasteiger partial charge is 0.291 e. The van der Waals surface area contributed by atoms with Gasteiger partial charge in [0.25, 0.3) is 6.43 Å². The first kappa shape index (κ1) is 17.0. The van der Waals surface area contributed by atoms with E-state index in [9.17, 15) is 17.2 Å². The Morgan fingerprint density at radius 3 is 2.62 bits per heavy atom. The Morgan fingerprint density at radius 1 is 1.33 bits per heavy atom. The summed E-state index contributed by atoms with van der Waals surface area (Å²) in [6.45, 7) is 1.83. The van der Waals surface area contributed by atoms with Crippen LogP contribution in [0.25, 0.3) is 0 Å². The molecular weight excluding hydrogens is 360 g/mol. The van der Waals surface area contributed by atoms with Crippen LogP contribution in [0.4, 0.5) is 25.3 Å². The monoisotopic (exact) mass is 375 g/mol. The number of nitrogens with zero attached hydrogens (tertiary/aromatic N) is 2. The van der Waals surface area contributed by atoms with Gasteiger partial charge in [-0.1, -0.05) is 11.3 Å². The van der Waals surface area contributed by atoms with Crippen molar-refractivity contribution in [3.63, 3.8) is 0 Å². The number of halogens is 2. The largest absolute Gasteiger partial charge is 0.397 e. The zero-order valence-corrected chi connectivity index (χ0v) is 14.2. The molecule has 7 nitrogen and oxygen atoms in total. The molecule has 0 amide bonds. The number of hydrogen-bond acceptors (Lipinski definition) is 7. The fourth-order valence-electron chi connectivity index (χ4n) is 1.97. The predicted octanol–water partition coefficient (Wildman–Crippen LogP) is 2.63. The van der Waals surface area contributed by atoms with E-state index in [1.807, 2.05) is 6.92 Å². The Bertz CT molecular complexity index is 865. The molecule has 11 heteroatoms. The number of hydrogen-bond donors (Lipinski definition) is 3. The summed E-state index contributed by atoms with van der Waals surface area (Å²) in [7, 11) is -3.69. The average molecular weight is 375 g/mol. The second-order valence-electron chi connectivity index (χ2n) is 5.79. The van der Waals surface area contributed by atoms with Gasteiger partial charge in [0.15, 0.2) is 5.01 Å². The number of nitrogen functional groups attached to an aromatic ring is 1. The highest BCUT2D eigenvalue weighted by Crippen LogP contribution is 2.36. The molecule has 3 rings (SSSR count). The van der Waals surface area contributed by atoms with Gasteiger partial charge in [0.05, 0.1) is 16.3 Å². The molecule has 1 aromatic heterocycles. The molecule has 1 fully saturated rings. The van der Waals surface area contributed by atoms with E-state index in [0.717, 1.165) is 12.8 Å². The number of nitrogens with one attached hydrogen (secondary N) is 2. The van der Waals surface area contributed by atoms with E-state index < -0.39 is 27.0 Å². The maximum absolute atomic E-state index is 12.6. The van der Waals surface area contributed by atoms with Gasteiger partial charge < -0.3 is 11.1 Å². The maximum atomic E-state index is 12.6. The van der Waals surface area contributed by atoms with Crippen LogP contribution in [0.3, 0.4) is 0 Å². The summed E-state index contributed by atoms with van der Waals surface area (Å²) in [6.07, 6.45) is -1.15. The SMILES string of the molecule is CC1(NS(=O)(=O)c2ccc(N)c(Nc3nnc(C(F)F)s3)c2)CC1. The summed E-state index contributed by atoms with van der Waals surface area (Å²) in [5.74, 6) is 0. The molecule has 0 atom stereocenters. The molecule has 130 valence electrons. The highest BCUT2D eigenvalue weighted by molar-refractivity contribution is 7.89. The van der Waals surface area contributed by atoms with E-state index in [-0.39, 0.29) is 21.4 Å². The highest BCUT2D eigenvalue weighted by atomic mass is 32.2. The molecule has 0 unspecified atom stereocenters. The molecule has 1 aliphatic carbocycles. The van der Waals surface area contributed by atoms with Crippen LogP contribution in [0, 0.1) is 0 Å². The van der Waals surface area contributed by atoms with E-state index in [0.29, 0.717) is 11.3 Å². The maximum Gasteiger partial charge on any atom is 0.291 e. The first-order chi connectivity index (χ1) is 11.2. The van der Waals surface area contributed by atoms with Gasteiger partial charge in [0.1, 0.15) is 0 Å². The number of benzene rings is 1. The third kappa shape index (κ3) is 3.62. The number of sulfonamides is 1. The van der Waals surface area contributed by atoms with Crippen molar-refractivity contribution in [2.45, 2.75) is 36.6 Å². The van der Waals surface area contributed by atoms with E-state index in [1.165, 1.54) is 18.2 Å². The minimum absolute atomic E-state index is 0.0333.